The van der Waals surface area contributed by atoms with Crippen molar-refractivity contribution in [3.05, 3.63) is 0 Å². The molecule has 86 valence electrons. The topological polar surface area (TPSA) is 69.6 Å². The second-order valence-electron chi connectivity index (χ2n) is 4.35. The number of hydrogen-bond donors (Lipinski definition) is 2. The molecule has 2 N–H and O–H groups in total. The van der Waals surface area contributed by atoms with Gasteiger partial charge in [0.05, 0.1) is 0 Å². The molecule has 1 saturated heterocycles. The number of hydrogen-bond acceptors (Lipinski definition) is 2. The number of carboxylic acids is 1. The fourth-order valence-electron chi connectivity index (χ4n) is 1.88. The fourth-order valence-corrected chi connectivity index (χ4v) is 1.88. The third-order valence-corrected chi connectivity index (χ3v) is 2.63. The molecule has 0 radical (unpaired) electrons. The first-order valence-electron chi connectivity index (χ1n) is 5.23. The Hall–Kier alpha value is -1.26. The molecule has 0 aromatic rings. The zero-order valence-electron chi connectivity index (χ0n) is 9.36. The van der Waals surface area contributed by atoms with Crippen LogP contribution >= 0.6 is 0 Å². The number of rotatable bonds is 2. The Morgan fingerprint density at radius 1 is 1.47 bits per heavy atom. The average molecular weight is 214 g/mol. The van der Waals surface area contributed by atoms with Crippen LogP contribution in [-0.2, 0) is 4.79 Å². The summed E-state index contributed by atoms with van der Waals surface area (Å²) in [6, 6.07) is -0.923. The molecule has 2 unspecified atom stereocenters. The van der Waals surface area contributed by atoms with Gasteiger partial charge in [-0.3, -0.25) is 0 Å². The molecule has 0 aromatic heterocycles. The van der Waals surface area contributed by atoms with Gasteiger partial charge in [-0.1, -0.05) is 6.92 Å². The highest BCUT2D eigenvalue weighted by Gasteiger charge is 2.39. The number of urea groups is 1. The molecule has 0 bridgehead atoms. The molecule has 0 aliphatic carbocycles. The molecule has 1 fully saturated rings. The van der Waals surface area contributed by atoms with Crippen LogP contribution in [0.25, 0.3) is 0 Å². The summed E-state index contributed by atoms with van der Waals surface area (Å²) in [6.07, 6.45) is 0.752. The zero-order chi connectivity index (χ0) is 11.6. The average Bonchev–Trinajstić information content (AvgIpc) is 2.45. The number of amides is 2. The summed E-state index contributed by atoms with van der Waals surface area (Å²) in [5.41, 5.74) is 0. The van der Waals surface area contributed by atoms with Gasteiger partial charge >= 0.3 is 12.0 Å². The second kappa shape index (κ2) is 4.51. The minimum absolute atomic E-state index is 0.0282. The standard InChI is InChI=1S/C10H18N2O3/c1-6(2)11-10(15)12-5-4-7(3)8(12)9(13)14/h6-8H,4-5H2,1-3H3,(H,11,15)(H,13,14). The number of aliphatic carboxylic acids is 1. The summed E-state index contributed by atoms with van der Waals surface area (Å²) in [6.45, 7) is 6.10. The minimum Gasteiger partial charge on any atom is -0.480 e. The number of nitrogens with zero attached hydrogens (tertiary/aromatic N) is 1. The van der Waals surface area contributed by atoms with E-state index < -0.39 is 12.0 Å². The molecular weight excluding hydrogens is 196 g/mol. The van der Waals surface area contributed by atoms with E-state index in [4.69, 9.17) is 5.11 Å². The lowest BCUT2D eigenvalue weighted by Crippen LogP contribution is -2.49. The van der Waals surface area contributed by atoms with Crippen molar-refractivity contribution in [1.82, 2.24) is 10.2 Å². The van der Waals surface area contributed by atoms with Crippen LogP contribution in [0, 0.1) is 5.92 Å². The number of carboxylic acid groups (broad SMARTS) is 1. The first-order valence-corrected chi connectivity index (χ1v) is 5.23. The maximum absolute atomic E-state index is 11.7. The molecule has 5 heteroatoms. The van der Waals surface area contributed by atoms with E-state index in [2.05, 4.69) is 5.32 Å². The SMILES string of the molecule is CC(C)NC(=O)N1CCC(C)C1C(=O)O. The smallest absolute Gasteiger partial charge is 0.326 e. The van der Waals surface area contributed by atoms with Crippen LogP contribution in [0.1, 0.15) is 27.2 Å². The fraction of sp³-hybridized carbons (Fsp3) is 0.800. The van der Waals surface area contributed by atoms with Crippen LogP contribution in [0.3, 0.4) is 0 Å². The van der Waals surface area contributed by atoms with E-state index in [1.54, 1.807) is 0 Å². The molecule has 1 aliphatic heterocycles. The van der Waals surface area contributed by atoms with Crippen molar-refractivity contribution in [2.45, 2.75) is 39.3 Å². The molecule has 2 atom stereocenters. The number of carbonyl (C=O) groups excluding carboxylic acids is 1. The Morgan fingerprint density at radius 2 is 2.07 bits per heavy atom. The Balaban J connectivity index is 2.68. The molecule has 1 heterocycles. The largest absolute Gasteiger partial charge is 0.480 e. The molecule has 5 nitrogen and oxygen atoms in total. The Morgan fingerprint density at radius 3 is 2.53 bits per heavy atom. The van der Waals surface area contributed by atoms with Crippen LogP contribution in [0.15, 0.2) is 0 Å². The van der Waals surface area contributed by atoms with E-state index in [-0.39, 0.29) is 18.0 Å². The van der Waals surface area contributed by atoms with Gasteiger partial charge in [0.2, 0.25) is 0 Å². The van der Waals surface area contributed by atoms with E-state index in [9.17, 15) is 9.59 Å². The normalized spacial score (nSPS) is 25.7. The molecule has 2 amide bonds. The number of likely N-dealkylation sites (tertiary alicyclic amines) is 1. The summed E-state index contributed by atoms with van der Waals surface area (Å²) in [5.74, 6) is -0.890. The second-order valence-corrected chi connectivity index (χ2v) is 4.35. The van der Waals surface area contributed by atoms with Gasteiger partial charge < -0.3 is 15.3 Å². The maximum atomic E-state index is 11.7. The van der Waals surface area contributed by atoms with Gasteiger partial charge in [0, 0.05) is 12.6 Å². The van der Waals surface area contributed by atoms with E-state index in [1.807, 2.05) is 20.8 Å². The molecule has 0 aromatic carbocycles. The van der Waals surface area contributed by atoms with E-state index in [0.29, 0.717) is 6.54 Å². The third-order valence-electron chi connectivity index (χ3n) is 2.63. The summed E-state index contributed by atoms with van der Waals surface area (Å²) in [7, 11) is 0. The lowest BCUT2D eigenvalue weighted by atomic mass is 10.0. The molecule has 1 aliphatic rings. The summed E-state index contributed by atoms with van der Waals surface area (Å²) >= 11 is 0. The van der Waals surface area contributed by atoms with Crippen molar-refractivity contribution in [1.29, 1.82) is 0 Å². The maximum Gasteiger partial charge on any atom is 0.326 e. The first-order chi connectivity index (χ1) is 6.93. The van der Waals surface area contributed by atoms with Crippen molar-refractivity contribution in [2.24, 2.45) is 5.92 Å². The van der Waals surface area contributed by atoms with Gasteiger partial charge in [-0.2, -0.15) is 0 Å². The van der Waals surface area contributed by atoms with E-state index >= 15 is 0 Å². The molecule has 1 rings (SSSR count). The monoisotopic (exact) mass is 214 g/mol. The van der Waals surface area contributed by atoms with Crippen LogP contribution in [0.4, 0.5) is 4.79 Å². The highest BCUT2D eigenvalue weighted by atomic mass is 16.4. The summed E-state index contributed by atoms with van der Waals surface area (Å²) in [5, 5.41) is 11.7. The van der Waals surface area contributed by atoms with Crippen molar-refractivity contribution >= 4 is 12.0 Å². The van der Waals surface area contributed by atoms with Gasteiger partial charge in [0.1, 0.15) is 6.04 Å². The van der Waals surface area contributed by atoms with Crippen molar-refractivity contribution in [3.63, 3.8) is 0 Å². The van der Waals surface area contributed by atoms with Gasteiger partial charge in [-0.25, -0.2) is 9.59 Å². The molecule has 0 saturated carbocycles. The van der Waals surface area contributed by atoms with Crippen LogP contribution in [-0.4, -0.2) is 40.6 Å². The molecular formula is C10H18N2O3. The van der Waals surface area contributed by atoms with Gasteiger partial charge in [0.25, 0.3) is 0 Å². The van der Waals surface area contributed by atoms with Gasteiger partial charge in [-0.15, -0.1) is 0 Å². The molecule has 0 spiro atoms. The summed E-state index contributed by atoms with van der Waals surface area (Å²) in [4.78, 5) is 24.1. The third kappa shape index (κ3) is 2.61. The lowest BCUT2D eigenvalue weighted by molar-refractivity contribution is -0.142. The number of carbonyl (C=O) groups is 2. The first kappa shape index (κ1) is 11.8. The zero-order valence-corrected chi connectivity index (χ0v) is 9.36. The predicted molar refractivity (Wildman–Crippen MR) is 55.6 cm³/mol. The van der Waals surface area contributed by atoms with E-state index in [0.717, 1.165) is 6.42 Å². The van der Waals surface area contributed by atoms with Gasteiger partial charge in [0.15, 0.2) is 0 Å². The quantitative estimate of drug-likeness (QED) is 0.717. The van der Waals surface area contributed by atoms with Crippen LogP contribution in [0.2, 0.25) is 0 Å². The Labute approximate surface area is 89.4 Å². The highest BCUT2D eigenvalue weighted by Crippen LogP contribution is 2.23. The predicted octanol–water partition coefficient (Wildman–Crippen LogP) is 0.899. The van der Waals surface area contributed by atoms with Crippen molar-refractivity contribution < 1.29 is 14.7 Å². The molecule has 15 heavy (non-hydrogen) atoms. The highest BCUT2D eigenvalue weighted by molar-refractivity contribution is 5.83. The Bertz CT molecular complexity index is 265. The van der Waals surface area contributed by atoms with E-state index in [1.165, 1.54) is 4.90 Å². The lowest BCUT2D eigenvalue weighted by Gasteiger charge is -2.24. The number of nitrogens with one attached hydrogen (secondary N) is 1. The van der Waals surface area contributed by atoms with Crippen molar-refractivity contribution in [3.8, 4) is 0 Å². The van der Waals surface area contributed by atoms with Gasteiger partial charge in [-0.05, 0) is 26.2 Å². The van der Waals surface area contributed by atoms with Crippen LogP contribution in [0.5, 0.6) is 0 Å². The summed E-state index contributed by atoms with van der Waals surface area (Å²) < 4.78 is 0. The van der Waals surface area contributed by atoms with Crippen molar-refractivity contribution in [2.75, 3.05) is 6.54 Å². The minimum atomic E-state index is -0.918. The van der Waals surface area contributed by atoms with Crippen LogP contribution < -0.4 is 5.32 Å². The Kier molecular flexibility index (Phi) is 3.55.